The number of halogens is 2. The van der Waals surface area contributed by atoms with Crippen molar-refractivity contribution >= 4 is 15.9 Å². The van der Waals surface area contributed by atoms with E-state index in [0.29, 0.717) is 10.4 Å². The lowest BCUT2D eigenvalue weighted by Crippen LogP contribution is -2.19. The number of hydrogen-bond donors (Lipinski definition) is 1. The first-order chi connectivity index (χ1) is 8.22. The van der Waals surface area contributed by atoms with Gasteiger partial charge in [0.05, 0.1) is 4.47 Å². The molecule has 1 aliphatic rings. The van der Waals surface area contributed by atoms with Crippen LogP contribution in [0.2, 0.25) is 0 Å². The summed E-state index contributed by atoms with van der Waals surface area (Å²) in [7, 11) is 0. The van der Waals surface area contributed by atoms with E-state index in [0.717, 1.165) is 12.0 Å². The average molecular weight is 301 g/mol. The van der Waals surface area contributed by atoms with E-state index in [9.17, 15) is 9.50 Å². The number of benzene rings is 1. The van der Waals surface area contributed by atoms with Crippen LogP contribution < -0.4 is 0 Å². The lowest BCUT2D eigenvalue weighted by molar-refractivity contribution is 0.175. The summed E-state index contributed by atoms with van der Waals surface area (Å²) in [5.74, 6) is 0.663. The van der Waals surface area contributed by atoms with E-state index in [1.54, 1.807) is 6.07 Å². The van der Waals surface area contributed by atoms with Gasteiger partial charge in [0.15, 0.2) is 0 Å². The SMILES string of the molecule is OCC(Cc1cccc(F)c1Br)C1CCCC1. The quantitative estimate of drug-likeness (QED) is 0.893. The summed E-state index contributed by atoms with van der Waals surface area (Å²) in [5.41, 5.74) is 0.968. The van der Waals surface area contributed by atoms with Gasteiger partial charge in [-0.2, -0.15) is 0 Å². The van der Waals surface area contributed by atoms with Gasteiger partial charge in [0.1, 0.15) is 5.82 Å². The Morgan fingerprint density at radius 2 is 2.06 bits per heavy atom. The molecule has 3 heteroatoms. The van der Waals surface area contributed by atoms with Crippen LogP contribution in [0.15, 0.2) is 22.7 Å². The lowest BCUT2D eigenvalue weighted by Gasteiger charge is -2.21. The Labute approximate surface area is 110 Å². The highest BCUT2D eigenvalue weighted by Gasteiger charge is 2.25. The molecule has 1 aromatic carbocycles. The minimum absolute atomic E-state index is 0.202. The van der Waals surface area contributed by atoms with Crippen molar-refractivity contribution in [1.82, 2.24) is 0 Å². The summed E-state index contributed by atoms with van der Waals surface area (Å²) in [6.07, 6.45) is 5.72. The Kier molecular flexibility index (Phi) is 4.57. The summed E-state index contributed by atoms with van der Waals surface area (Å²) in [4.78, 5) is 0. The molecule has 1 nitrogen and oxygen atoms in total. The second-order valence-electron chi connectivity index (χ2n) is 4.90. The Bertz CT molecular complexity index is 374. The lowest BCUT2D eigenvalue weighted by atomic mass is 9.86. The Hall–Kier alpha value is -0.410. The zero-order valence-electron chi connectivity index (χ0n) is 9.83. The van der Waals surface area contributed by atoms with Gasteiger partial charge in [-0.05, 0) is 45.8 Å². The van der Waals surface area contributed by atoms with Crippen molar-refractivity contribution in [1.29, 1.82) is 0 Å². The van der Waals surface area contributed by atoms with Crippen molar-refractivity contribution in [3.8, 4) is 0 Å². The van der Waals surface area contributed by atoms with Crippen LogP contribution in [0.1, 0.15) is 31.2 Å². The predicted molar refractivity (Wildman–Crippen MR) is 70.3 cm³/mol. The summed E-state index contributed by atoms with van der Waals surface area (Å²) in [6.45, 7) is 0.202. The van der Waals surface area contributed by atoms with Gasteiger partial charge >= 0.3 is 0 Å². The molecule has 0 bridgehead atoms. The molecule has 1 unspecified atom stereocenters. The highest BCUT2D eigenvalue weighted by atomic mass is 79.9. The first-order valence-corrected chi connectivity index (χ1v) is 7.05. The van der Waals surface area contributed by atoms with Crippen molar-refractivity contribution in [2.45, 2.75) is 32.1 Å². The molecule has 0 spiro atoms. The fraction of sp³-hybridized carbons (Fsp3) is 0.571. The molecule has 2 rings (SSSR count). The van der Waals surface area contributed by atoms with Crippen molar-refractivity contribution in [3.05, 3.63) is 34.1 Å². The highest BCUT2D eigenvalue weighted by molar-refractivity contribution is 9.10. The summed E-state index contributed by atoms with van der Waals surface area (Å²) in [5, 5.41) is 9.50. The van der Waals surface area contributed by atoms with Crippen LogP contribution in [0.25, 0.3) is 0 Å². The molecule has 0 aromatic heterocycles. The molecule has 1 aliphatic carbocycles. The summed E-state index contributed by atoms with van der Waals surface area (Å²) < 4.78 is 14.0. The van der Waals surface area contributed by atoms with E-state index in [-0.39, 0.29) is 18.3 Å². The number of hydrogen-bond acceptors (Lipinski definition) is 1. The van der Waals surface area contributed by atoms with Crippen molar-refractivity contribution in [2.75, 3.05) is 6.61 Å². The second kappa shape index (κ2) is 5.96. The summed E-state index contributed by atoms with van der Waals surface area (Å²) in [6, 6.07) is 5.13. The largest absolute Gasteiger partial charge is 0.396 e. The minimum atomic E-state index is -0.217. The second-order valence-corrected chi connectivity index (χ2v) is 5.70. The van der Waals surface area contributed by atoms with Crippen LogP contribution >= 0.6 is 15.9 Å². The van der Waals surface area contributed by atoms with Gasteiger partial charge in [-0.15, -0.1) is 0 Å². The Balaban J connectivity index is 2.09. The van der Waals surface area contributed by atoms with Gasteiger partial charge in [0.2, 0.25) is 0 Å². The first kappa shape index (κ1) is 13.0. The monoisotopic (exact) mass is 300 g/mol. The maximum Gasteiger partial charge on any atom is 0.137 e. The van der Waals surface area contributed by atoms with E-state index in [1.807, 2.05) is 6.07 Å². The molecule has 1 fully saturated rings. The van der Waals surface area contributed by atoms with E-state index in [1.165, 1.54) is 31.7 Å². The zero-order chi connectivity index (χ0) is 12.3. The molecule has 0 heterocycles. The zero-order valence-corrected chi connectivity index (χ0v) is 11.4. The van der Waals surface area contributed by atoms with Gasteiger partial charge in [0, 0.05) is 6.61 Å². The van der Waals surface area contributed by atoms with Gasteiger partial charge in [0.25, 0.3) is 0 Å². The van der Waals surface area contributed by atoms with Crippen LogP contribution in [-0.2, 0) is 6.42 Å². The maximum absolute atomic E-state index is 13.4. The molecule has 0 radical (unpaired) electrons. The number of rotatable bonds is 4. The predicted octanol–water partition coefficient (Wildman–Crippen LogP) is 3.93. The molecular weight excluding hydrogens is 283 g/mol. The van der Waals surface area contributed by atoms with E-state index < -0.39 is 0 Å². The standard InChI is InChI=1S/C14H18BrFO/c15-14-11(6-3-7-13(14)16)8-12(9-17)10-4-1-2-5-10/h3,6-7,10,12,17H,1-2,4-5,8-9H2. The molecule has 1 saturated carbocycles. The molecule has 0 saturated heterocycles. The van der Waals surface area contributed by atoms with E-state index in [4.69, 9.17) is 0 Å². The van der Waals surface area contributed by atoms with E-state index in [2.05, 4.69) is 15.9 Å². The van der Waals surface area contributed by atoms with Crippen molar-refractivity contribution < 1.29 is 9.50 Å². The van der Waals surface area contributed by atoms with Crippen LogP contribution in [0.4, 0.5) is 4.39 Å². The summed E-state index contributed by atoms with van der Waals surface area (Å²) >= 11 is 3.29. The molecule has 17 heavy (non-hydrogen) atoms. The average Bonchev–Trinajstić information content (AvgIpc) is 2.85. The fourth-order valence-electron chi connectivity index (χ4n) is 2.80. The minimum Gasteiger partial charge on any atom is -0.396 e. The van der Waals surface area contributed by atoms with Gasteiger partial charge in [-0.3, -0.25) is 0 Å². The van der Waals surface area contributed by atoms with E-state index >= 15 is 0 Å². The molecule has 1 atom stereocenters. The smallest absolute Gasteiger partial charge is 0.137 e. The van der Waals surface area contributed by atoms with Crippen LogP contribution in [0.5, 0.6) is 0 Å². The Morgan fingerprint density at radius 1 is 1.35 bits per heavy atom. The van der Waals surface area contributed by atoms with Crippen molar-refractivity contribution in [2.24, 2.45) is 11.8 Å². The van der Waals surface area contributed by atoms with Crippen molar-refractivity contribution in [3.63, 3.8) is 0 Å². The number of aliphatic hydroxyl groups is 1. The molecule has 1 N–H and O–H groups in total. The molecular formula is C14H18BrFO. The molecule has 0 amide bonds. The van der Waals surface area contributed by atoms with Crippen LogP contribution in [-0.4, -0.2) is 11.7 Å². The third-order valence-electron chi connectivity index (χ3n) is 3.81. The molecule has 94 valence electrons. The van der Waals surface area contributed by atoms with Gasteiger partial charge in [-0.1, -0.05) is 37.8 Å². The number of aliphatic hydroxyl groups excluding tert-OH is 1. The highest BCUT2D eigenvalue weighted by Crippen LogP contribution is 2.34. The maximum atomic E-state index is 13.4. The van der Waals surface area contributed by atoms with Crippen LogP contribution in [0, 0.1) is 17.7 Å². The first-order valence-electron chi connectivity index (χ1n) is 6.26. The normalized spacial score (nSPS) is 18.5. The topological polar surface area (TPSA) is 20.2 Å². The third kappa shape index (κ3) is 3.08. The van der Waals surface area contributed by atoms with Gasteiger partial charge < -0.3 is 5.11 Å². The van der Waals surface area contributed by atoms with Crippen LogP contribution in [0.3, 0.4) is 0 Å². The molecule has 1 aromatic rings. The third-order valence-corrected chi connectivity index (χ3v) is 4.70. The van der Waals surface area contributed by atoms with Gasteiger partial charge in [-0.25, -0.2) is 4.39 Å². The Morgan fingerprint density at radius 3 is 2.71 bits per heavy atom. The molecule has 0 aliphatic heterocycles. The fourth-order valence-corrected chi connectivity index (χ4v) is 3.22.